The SMILES string of the molecule is [2H]c1c([2H])c([2H])c(N(c2ccc(-c3c([2H])c([2H])c([2H])c4c([2H])c([2H])c([2H])c([2H])c34)cc2)c2ccc3c(c2)C(C)(C)c2cc(-c4cccc5c4oc4ccccc45)ccc2-3)c([2H])c1[2H]. The van der Waals surface area contributed by atoms with E-state index in [1.165, 1.54) is 0 Å². The van der Waals surface area contributed by atoms with Crippen LogP contribution in [0.4, 0.5) is 17.1 Å². The molecule has 1 aliphatic rings. The van der Waals surface area contributed by atoms with Crippen molar-refractivity contribution in [2.24, 2.45) is 0 Å². The standard InChI is InChI=1S/C49H35NO/c1-49(2)45-30-34(40-19-11-20-44-43-17-8-9-21-47(43)51-48(40)44)24-28-41(45)42-29-27-37(31-46(42)49)50(35-14-4-3-5-15-35)36-25-22-33(23-26-36)39-18-10-13-32-12-6-7-16-38(32)39/h3-31H,1-2H3/i3D,4D,5D,6D,7D,10D,12D,13D,14D,15D,16D,18D. The van der Waals surface area contributed by atoms with E-state index in [-0.39, 0.29) is 28.1 Å². The molecule has 8 aromatic carbocycles. The molecule has 9 aromatic rings. The molecule has 1 aliphatic carbocycles. The first-order valence-corrected chi connectivity index (χ1v) is 16.7. The van der Waals surface area contributed by atoms with E-state index in [1.54, 1.807) is 29.2 Å². The molecule has 0 fully saturated rings. The van der Waals surface area contributed by atoms with Gasteiger partial charge in [0.25, 0.3) is 0 Å². The highest BCUT2D eigenvalue weighted by Gasteiger charge is 2.36. The highest BCUT2D eigenvalue weighted by molar-refractivity contribution is 6.09. The third kappa shape index (κ3) is 4.64. The second-order valence-electron chi connectivity index (χ2n) is 13.3. The Balaban J connectivity index is 1.13. The predicted molar refractivity (Wildman–Crippen MR) is 214 cm³/mol. The summed E-state index contributed by atoms with van der Waals surface area (Å²) in [7, 11) is 0. The number of nitrogens with zero attached hydrogens (tertiary/aromatic N) is 1. The van der Waals surface area contributed by atoms with Gasteiger partial charge in [0.2, 0.25) is 0 Å². The Kier molecular flexibility index (Phi) is 4.38. The van der Waals surface area contributed by atoms with Gasteiger partial charge in [0.05, 0.1) is 16.4 Å². The minimum Gasteiger partial charge on any atom is -0.455 e. The first-order valence-electron chi connectivity index (χ1n) is 22.7. The maximum atomic E-state index is 9.06. The van der Waals surface area contributed by atoms with Crippen molar-refractivity contribution in [1.29, 1.82) is 0 Å². The minimum atomic E-state index is -0.546. The Morgan fingerprint density at radius 2 is 1.18 bits per heavy atom. The van der Waals surface area contributed by atoms with Crippen LogP contribution in [-0.4, -0.2) is 0 Å². The van der Waals surface area contributed by atoms with Crippen LogP contribution < -0.4 is 4.90 Å². The van der Waals surface area contributed by atoms with Gasteiger partial charge in [-0.25, -0.2) is 0 Å². The van der Waals surface area contributed by atoms with Crippen molar-refractivity contribution in [2.45, 2.75) is 19.3 Å². The molecule has 1 heterocycles. The third-order valence-electron chi connectivity index (χ3n) is 10.1. The van der Waals surface area contributed by atoms with Gasteiger partial charge >= 0.3 is 0 Å². The number of fused-ring (bicyclic) bond motifs is 7. The van der Waals surface area contributed by atoms with E-state index in [1.807, 2.05) is 42.5 Å². The molecule has 0 saturated heterocycles. The highest BCUT2D eigenvalue weighted by atomic mass is 16.3. The Morgan fingerprint density at radius 1 is 0.490 bits per heavy atom. The normalized spacial score (nSPS) is 16.4. The molecule has 51 heavy (non-hydrogen) atoms. The summed E-state index contributed by atoms with van der Waals surface area (Å²) in [6.45, 7) is 4.27. The lowest BCUT2D eigenvalue weighted by molar-refractivity contribution is 0.660. The fraction of sp³-hybridized carbons (Fsp3) is 0.0612. The maximum Gasteiger partial charge on any atom is 0.143 e. The predicted octanol–water partition coefficient (Wildman–Crippen LogP) is 13.8. The van der Waals surface area contributed by atoms with E-state index >= 15 is 0 Å². The average Bonchev–Trinajstić information content (AvgIpc) is 3.78. The highest BCUT2D eigenvalue weighted by Crippen LogP contribution is 2.52. The molecular formula is C49H35NO. The van der Waals surface area contributed by atoms with Crippen molar-refractivity contribution in [3.05, 3.63) is 187 Å². The van der Waals surface area contributed by atoms with Gasteiger partial charge in [-0.1, -0.05) is 141 Å². The van der Waals surface area contributed by atoms with Crippen molar-refractivity contribution < 1.29 is 20.9 Å². The zero-order chi connectivity index (χ0) is 44.5. The Labute approximate surface area is 314 Å². The van der Waals surface area contributed by atoms with E-state index in [0.29, 0.717) is 16.9 Å². The van der Waals surface area contributed by atoms with Gasteiger partial charge in [-0.05, 0) is 98.2 Å². The molecule has 0 bridgehead atoms. The number of hydrogen-bond donors (Lipinski definition) is 0. The van der Waals surface area contributed by atoms with Crippen molar-refractivity contribution in [3.8, 4) is 33.4 Å². The molecule has 0 radical (unpaired) electrons. The van der Waals surface area contributed by atoms with Gasteiger partial charge < -0.3 is 9.32 Å². The quantitative estimate of drug-likeness (QED) is 0.182. The number of hydrogen-bond acceptors (Lipinski definition) is 2. The Bertz CT molecular complexity index is 3430. The number of rotatable bonds is 5. The van der Waals surface area contributed by atoms with E-state index in [0.717, 1.165) is 55.3 Å². The lowest BCUT2D eigenvalue weighted by Crippen LogP contribution is -2.16. The third-order valence-corrected chi connectivity index (χ3v) is 10.1. The molecule has 0 unspecified atom stereocenters. The smallest absolute Gasteiger partial charge is 0.143 e. The summed E-state index contributed by atoms with van der Waals surface area (Å²) in [5.41, 5.74) is 8.32. The fourth-order valence-electron chi connectivity index (χ4n) is 7.58. The van der Waals surface area contributed by atoms with E-state index in [9.17, 15) is 0 Å². The molecule has 0 saturated carbocycles. The van der Waals surface area contributed by atoms with E-state index in [4.69, 9.17) is 20.9 Å². The molecule has 0 N–H and O–H groups in total. The van der Waals surface area contributed by atoms with Crippen molar-refractivity contribution in [3.63, 3.8) is 0 Å². The first-order chi connectivity index (χ1) is 30.0. The Hall–Kier alpha value is -6.38. The zero-order valence-corrected chi connectivity index (χ0v) is 27.7. The van der Waals surface area contributed by atoms with Gasteiger partial charge in [0.15, 0.2) is 0 Å². The van der Waals surface area contributed by atoms with Crippen molar-refractivity contribution in [1.82, 2.24) is 0 Å². The Morgan fingerprint density at radius 3 is 2.04 bits per heavy atom. The van der Waals surface area contributed by atoms with Crippen LogP contribution in [-0.2, 0) is 5.41 Å². The summed E-state index contributed by atoms with van der Waals surface area (Å²) in [6, 6.07) is 27.1. The lowest BCUT2D eigenvalue weighted by atomic mass is 9.81. The molecule has 1 aromatic heterocycles. The van der Waals surface area contributed by atoms with Crippen LogP contribution in [0.2, 0.25) is 0 Å². The van der Waals surface area contributed by atoms with Crippen LogP contribution in [0.3, 0.4) is 0 Å². The second-order valence-corrected chi connectivity index (χ2v) is 13.3. The fourth-order valence-corrected chi connectivity index (χ4v) is 7.58. The zero-order valence-electron chi connectivity index (χ0n) is 39.7. The van der Waals surface area contributed by atoms with Crippen LogP contribution in [0.1, 0.15) is 41.4 Å². The van der Waals surface area contributed by atoms with Crippen LogP contribution in [0.15, 0.2) is 180 Å². The molecule has 242 valence electrons. The van der Waals surface area contributed by atoms with Gasteiger partial charge in [0, 0.05) is 38.8 Å². The van der Waals surface area contributed by atoms with Gasteiger partial charge in [-0.2, -0.15) is 0 Å². The van der Waals surface area contributed by atoms with Gasteiger partial charge in [0.1, 0.15) is 11.2 Å². The summed E-state index contributed by atoms with van der Waals surface area (Å²) < 4.78 is 110. The molecule has 0 spiro atoms. The monoisotopic (exact) mass is 665 g/mol. The molecule has 2 heteroatoms. The molecule has 10 rings (SSSR count). The summed E-state index contributed by atoms with van der Waals surface area (Å²) in [4.78, 5) is 1.60. The topological polar surface area (TPSA) is 16.4 Å². The number of benzene rings is 8. The van der Waals surface area contributed by atoms with Crippen molar-refractivity contribution >= 4 is 49.8 Å². The van der Waals surface area contributed by atoms with E-state index in [2.05, 4.69) is 50.2 Å². The molecular weight excluding hydrogens is 619 g/mol. The lowest BCUT2D eigenvalue weighted by Gasteiger charge is -2.28. The summed E-state index contributed by atoms with van der Waals surface area (Å²) >= 11 is 0. The average molecular weight is 666 g/mol. The minimum absolute atomic E-state index is 0.0480. The van der Waals surface area contributed by atoms with Gasteiger partial charge in [-0.3, -0.25) is 0 Å². The number of furan rings is 1. The molecule has 0 amide bonds. The van der Waals surface area contributed by atoms with Crippen LogP contribution in [0.25, 0.3) is 66.1 Å². The maximum absolute atomic E-state index is 9.06. The second kappa shape index (κ2) is 11.3. The summed E-state index contributed by atoms with van der Waals surface area (Å²) in [6.07, 6.45) is 0. The molecule has 0 aliphatic heterocycles. The van der Waals surface area contributed by atoms with Crippen LogP contribution in [0.5, 0.6) is 0 Å². The number of anilines is 3. The summed E-state index contributed by atoms with van der Waals surface area (Å²) in [5, 5.41) is 1.86. The van der Waals surface area contributed by atoms with E-state index < -0.39 is 71.9 Å². The van der Waals surface area contributed by atoms with Crippen LogP contribution >= 0.6 is 0 Å². The molecule has 2 nitrogen and oxygen atoms in total. The summed E-state index contributed by atoms with van der Waals surface area (Å²) in [5.74, 6) is 0. The largest absolute Gasteiger partial charge is 0.455 e. The van der Waals surface area contributed by atoms with Crippen molar-refractivity contribution in [2.75, 3.05) is 4.90 Å². The van der Waals surface area contributed by atoms with Gasteiger partial charge in [-0.15, -0.1) is 0 Å². The number of para-hydroxylation sites is 3. The van der Waals surface area contributed by atoms with Crippen LogP contribution in [0, 0.1) is 0 Å². The molecule has 0 atom stereocenters. The first kappa shape index (κ1) is 19.7.